The van der Waals surface area contributed by atoms with Gasteiger partial charge in [0, 0.05) is 11.3 Å². The van der Waals surface area contributed by atoms with E-state index in [9.17, 15) is 18.0 Å². The van der Waals surface area contributed by atoms with Crippen LogP contribution in [0, 0.1) is 6.92 Å². The Balaban J connectivity index is 1.71. The maximum absolute atomic E-state index is 12.8. The zero-order chi connectivity index (χ0) is 23.8. The summed E-state index contributed by atoms with van der Waals surface area (Å²) in [6.07, 6.45) is 1.74. The normalized spacial score (nSPS) is 11.0. The van der Waals surface area contributed by atoms with Crippen LogP contribution in [0.25, 0.3) is 0 Å². The van der Waals surface area contributed by atoms with Crippen molar-refractivity contribution in [3.63, 3.8) is 0 Å². The van der Waals surface area contributed by atoms with Crippen molar-refractivity contribution < 1.29 is 22.7 Å². The third kappa shape index (κ3) is 6.20. The van der Waals surface area contributed by atoms with E-state index in [-0.39, 0.29) is 4.90 Å². The van der Waals surface area contributed by atoms with Gasteiger partial charge in [-0.25, -0.2) is 13.2 Å². The van der Waals surface area contributed by atoms with Crippen molar-refractivity contribution in [2.75, 3.05) is 16.6 Å². The number of ether oxygens (including phenoxy) is 1. The number of nitrogens with one attached hydrogen (secondary N) is 2. The second-order valence-corrected chi connectivity index (χ2v) is 9.10. The molecule has 33 heavy (non-hydrogen) atoms. The van der Waals surface area contributed by atoms with E-state index in [1.54, 1.807) is 67.6 Å². The van der Waals surface area contributed by atoms with E-state index >= 15 is 0 Å². The average molecular weight is 467 g/mol. The number of amides is 1. The number of unbranched alkanes of at least 4 members (excludes halogenated alkanes) is 1. The summed E-state index contributed by atoms with van der Waals surface area (Å²) in [5.41, 5.74) is 2.03. The van der Waals surface area contributed by atoms with Crippen LogP contribution >= 0.6 is 0 Å². The van der Waals surface area contributed by atoms with Crippen LogP contribution in [-0.4, -0.2) is 26.9 Å². The first-order valence-corrected chi connectivity index (χ1v) is 12.1. The molecule has 0 fully saturated rings. The Bertz CT molecular complexity index is 1220. The molecule has 8 heteroatoms. The summed E-state index contributed by atoms with van der Waals surface area (Å²) in [6.45, 7) is 4.06. The number of carbonyl (C=O) groups is 2. The monoisotopic (exact) mass is 466 g/mol. The highest BCUT2D eigenvalue weighted by molar-refractivity contribution is 7.92. The summed E-state index contributed by atoms with van der Waals surface area (Å²) < 4.78 is 33.0. The predicted octanol–water partition coefficient (Wildman–Crippen LogP) is 5.01. The lowest BCUT2D eigenvalue weighted by Gasteiger charge is -2.14. The Hall–Kier alpha value is -3.65. The van der Waals surface area contributed by atoms with E-state index in [0.717, 1.165) is 12.8 Å². The van der Waals surface area contributed by atoms with Crippen molar-refractivity contribution in [3.05, 3.63) is 89.5 Å². The zero-order valence-electron chi connectivity index (χ0n) is 18.5. The maximum Gasteiger partial charge on any atom is 0.338 e. The Morgan fingerprint density at radius 3 is 2.27 bits per heavy atom. The van der Waals surface area contributed by atoms with Gasteiger partial charge in [0.15, 0.2) is 0 Å². The first-order chi connectivity index (χ1) is 15.8. The van der Waals surface area contributed by atoms with Gasteiger partial charge in [-0.2, -0.15) is 0 Å². The summed E-state index contributed by atoms with van der Waals surface area (Å²) in [7, 11) is -3.78. The van der Waals surface area contributed by atoms with E-state index in [1.807, 2.05) is 6.92 Å². The minimum atomic E-state index is -3.78. The third-order valence-corrected chi connectivity index (χ3v) is 6.37. The van der Waals surface area contributed by atoms with Crippen molar-refractivity contribution >= 4 is 33.3 Å². The lowest BCUT2D eigenvalue weighted by atomic mass is 10.1. The Morgan fingerprint density at radius 1 is 0.909 bits per heavy atom. The van der Waals surface area contributed by atoms with Gasteiger partial charge in [0.25, 0.3) is 15.9 Å². The van der Waals surface area contributed by atoms with Crippen LogP contribution in [0.3, 0.4) is 0 Å². The molecule has 0 aliphatic carbocycles. The summed E-state index contributed by atoms with van der Waals surface area (Å²) >= 11 is 0. The molecule has 0 aliphatic rings. The standard InChI is InChI=1S/C25H26N2O5S/c1-3-4-17-32-25(29)19-13-15-20(16-14-19)26-24(28)22-11-8-12-23(18(22)2)27-33(30,31)21-9-6-5-7-10-21/h5-16,27H,3-4,17H2,1-2H3,(H,26,28). The molecule has 0 heterocycles. The molecule has 1 amide bonds. The van der Waals surface area contributed by atoms with Crippen LogP contribution < -0.4 is 10.0 Å². The zero-order valence-corrected chi connectivity index (χ0v) is 19.3. The van der Waals surface area contributed by atoms with Crippen molar-refractivity contribution in [3.8, 4) is 0 Å². The third-order valence-electron chi connectivity index (χ3n) is 4.99. The van der Waals surface area contributed by atoms with Crippen LogP contribution in [0.15, 0.2) is 77.7 Å². The lowest BCUT2D eigenvalue weighted by molar-refractivity contribution is 0.0499. The molecule has 0 saturated heterocycles. The molecule has 3 rings (SSSR count). The first kappa shape index (κ1) is 24.0. The molecule has 3 aromatic rings. The Labute approximate surface area is 193 Å². The summed E-state index contributed by atoms with van der Waals surface area (Å²) in [5, 5.41) is 2.77. The summed E-state index contributed by atoms with van der Waals surface area (Å²) in [5.74, 6) is -0.804. The molecule has 0 spiro atoms. The number of anilines is 2. The maximum atomic E-state index is 12.8. The fraction of sp³-hybridized carbons (Fsp3) is 0.200. The molecular weight excluding hydrogens is 440 g/mol. The highest BCUT2D eigenvalue weighted by Gasteiger charge is 2.18. The minimum Gasteiger partial charge on any atom is -0.462 e. The van der Waals surface area contributed by atoms with Gasteiger partial charge in [0.2, 0.25) is 0 Å². The van der Waals surface area contributed by atoms with Crippen LogP contribution in [0.5, 0.6) is 0 Å². The van der Waals surface area contributed by atoms with Gasteiger partial charge in [-0.05, 0) is 67.4 Å². The second kappa shape index (κ2) is 10.8. The van der Waals surface area contributed by atoms with E-state index in [4.69, 9.17) is 4.74 Å². The minimum absolute atomic E-state index is 0.132. The van der Waals surface area contributed by atoms with Crippen molar-refractivity contribution in [2.24, 2.45) is 0 Å². The van der Waals surface area contributed by atoms with Gasteiger partial charge in [-0.3, -0.25) is 9.52 Å². The number of hydrogen-bond donors (Lipinski definition) is 2. The number of rotatable bonds is 9. The van der Waals surface area contributed by atoms with Gasteiger partial charge < -0.3 is 10.1 Å². The molecular formula is C25H26N2O5S. The van der Waals surface area contributed by atoms with Gasteiger partial charge in [0.05, 0.1) is 22.8 Å². The smallest absolute Gasteiger partial charge is 0.338 e. The fourth-order valence-corrected chi connectivity index (χ4v) is 4.22. The Morgan fingerprint density at radius 2 is 1.61 bits per heavy atom. The van der Waals surface area contributed by atoms with Crippen molar-refractivity contribution in [2.45, 2.75) is 31.6 Å². The molecule has 0 radical (unpaired) electrons. The first-order valence-electron chi connectivity index (χ1n) is 10.6. The molecule has 3 aromatic carbocycles. The van der Waals surface area contributed by atoms with E-state index in [0.29, 0.717) is 34.7 Å². The summed E-state index contributed by atoms with van der Waals surface area (Å²) in [6, 6.07) is 19.2. The van der Waals surface area contributed by atoms with Crippen LogP contribution in [0.1, 0.15) is 46.0 Å². The molecule has 172 valence electrons. The average Bonchev–Trinajstić information content (AvgIpc) is 2.81. The highest BCUT2D eigenvalue weighted by Crippen LogP contribution is 2.23. The number of carbonyl (C=O) groups excluding carboxylic acids is 2. The molecule has 0 aliphatic heterocycles. The molecule has 0 bridgehead atoms. The van der Waals surface area contributed by atoms with Gasteiger partial charge in [-0.1, -0.05) is 37.6 Å². The van der Waals surface area contributed by atoms with E-state index in [2.05, 4.69) is 10.0 Å². The van der Waals surface area contributed by atoms with Crippen molar-refractivity contribution in [1.82, 2.24) is 0 Å². The fourth-order valence-electron chi connectivity index (χ4n) is 3.08. The number of hydrogen-bond acceptors (Lipinski definition) is 5. The van der Waals surface area contributed by atoms with Crippen LogP contribution in [0.2, 0.25) is 0 Å². The second-order valence-electron chi connectivity index (χ2n) is 7.42. The Kier molecular flexibility index (Phi) is 7.84. The molecule has 7 nitrogen and oxygen atoms in total. The van der Waals surface area contributed by atoms with Gasteiger partial charge in [0.1, 0.15) is 0 Å². The van der Waals surface area contributed by atoms with Crippen LogP contribution in [-0.2, 0) is 14.8 Å². The number of sulfonamides is 1. The van der Waals surface area contributed by atoms with Gasteiger partial charge in [-0.15, -0.1) is 0 Å². The SMILES string of the molecule is CCCCOC(=O)c1ccc(NC(=O)c2cccc(NS(=O)(=O)c3ccccc3)c2C)cc1. The van der Waals surface area contributed by atoms with E-state index in [1.165, 1.54) is 12.1 Å². The number of esters is 1. The molecule has 0 aromatic heterocycles. The topological polar surface area (TPSA) is 102 Å². The summed E-state index contributed by atoms with van der Waals surface area (Å²) in [4.78, 5) is 25.0. The molecule has 2 N–H and O–H groups in total. The van der Waals surface area contributed by atoms with Crippen LogP contribution in [0.4, 0.5) is 11.4 Å². The van der Waals surface area contributed by atoms with E-state index < -0.39 is 21.9 Å². The molecule has 0 atom stereocenters. The van der Waals surface area contributed by atoms with Gasteiger partial charge >= 0.3 is 5.97 Å². The number of benzene rings is 3. The highest BCUT2D eigenvalue weighted by atomic mass is 32.2. The quantitative estimate of drug-likeness (QED) is 0.341. The predicted molar refractivity (Wildman–Crippen MR) is 128 cm³/mol. The molecule has 0 unspecified atom stereocenters. The van der Waals surface area contributed by atoms with Crippen molar-refractivity contribution in [1.29, 1.82) is 0 Å². The molecule has 0 saturated carbocycles. The largest absolute Gasteiger partial charge is 0.462 e. The lowest BCUT2D eigenvalue weighted by Crippen LogP contribution is -2.17.